The third-order valence-corrected chi connectivity index (χ3v) is 4.77. The van der Waals surface area contributed by atoms with Crippen LogP contribution < -0.4 is 16.6 Å². The highest BCUT2D eigenvalue weighted by atomic mass is 32.1. The SMILES string of the molecule is NC(=O)c1cnc(NC(=O)CCn2cnc3sccc3c2=O)s1. The van der Waals surface area contributed by atoms with Gasteiger partial charge in [-0.05, 0) is 11.4 Å². The van der Waals surface area contributed by atoms with E-state index in [0.29, 0.717) is 15.3 Å². The van der Waals surface area contributed by atoms with Gasteiger partial charge < -0.3 is 11.1 Å². The number of aryl methyl sites for hydroxylation is 1. The first kappa shape index (κ1) is 15.3. The summed E-state index contributed by atoms with van der Waals surface area (Å²) in [5.74, 6) is -0.905. The van der Waals surface area contributed by atoms with Gasteiger partial charge in [0.15, 0.2) is 5.13 Å². The molecule has 23 heavy (non-hydrogen) atoms. The maximum Gasteiger partial charge on any atom is 0.262 e. The molecule has 3 rings (SSSR count). The Kier molecular flexibility index (Phi) is 4.17. The van der Waals surface area contributed by atoms with Crippen molar-refractivity contribution in [3.8, 4) is 0 Å². The minimum atomic E-state index is -0.593. The molecule has 0 aromatic carbocycles. The lowest BCUT2D eigenvalue weighted by Gasteiger charge is -2.05. The number of aromatic nitrogens is 3. The fraction of sp³-hybridized carbons (Fsp3) is 0.154. The zero-order valence-corrected chi connectivity index (χ0v) is 13.3. The fourth-order valence-electron chi connectivity index (χ4n) is 1.90. The highest BCUT2D eigenvalue weighted by Crippen LogP contribution is 2.17. The molecule has 118 valence electrons. The molecular weight excluding hydrogens is 338 g/mol. The van der Waals surface area contributed by atoms with Crippen molar-refractivity contribution in [2.45, 2.75) is 13.0 Å². The predicted molar refractivity (Wildman–Crippen MR) is 87.8 cm³/mol. The zero-order chi connectivity index (χ0) is 16.4. The lowest BCUT2D eigenvalue weighted by Crippen LogP contribution is -2.23. The van der Waals surface area contributed by atoms with E-state index in [0.717, 1.165) is 11.3 Å². The largest absolute Gasteiger partial charge is 0.365 e. The summed E-state index contributed by atoms with van der Waals surface area (Å²) in [6, 6.07) is 1.72. The van der Waals surface area contributed by atoms with Gasteiger partial charge in [0, 0.05) is 13.0 Å². The topological polar surface area (TPSA) is 120 Å². The van der Waals surface area contributed by atoms with Crippen LogP contribution in [0.15, 0.2) is 28.8 Å². The van der Waals surface area contributed by atoms with Gasteiger partial charge in [0.25, 0.3) is 11.5 Å². The average molecular weight is 349 g/mol. The molecule has 3 aromatic heterocycles. The molecule has 3 heterocycles. The summed E-state index contributed by atoms with van der Waals surface area (Å²) in [5, 5.41) is 5.21. The number of carbonyl (C=O) groups excluding carboxylic acids is 2. The van der Waals surface area contributed by atoms with E-state index >= 15 is 0 Å². The summed E-state index contributed by atoms with van der Waals surface area (Å²) >= 11 is 2.39. The predicted octanol–water partition coefficient (Wildman–Crippen LogP) is 1.04. The van der Waals surface area contributed by atoms with E-state index in [1.165, 1.54) is 28.4 Å². The van der Waals surface area contributed by atoms with Crippen molar-refractivity contribution in [3.05, 3.63) is 39.2 Å². The van der Waals surface area contributed by atoms with Crippen LogP contribution in [0.3, 0.4) is 0 Å². The van der Waals surface area contributed by atoms with Crippen molar-refractivity contribution < 1.29 is 9.59 Å². The Morgan fingerprint density at radius 2 is 2.17 bits per heavy atom. The van der Waals surface area contributed by atoms with Crippen LogP contribution >= 0.6 is 22.7 Å². The number of thiazole rings is 1. The van der Waals surface area contributed by atoms with E-state index in [-0.39, 0.29) is 29.3 Å². The molecule has 0 aliphatic carbocycles. The summed E-state index contributed by atoms with van der Waals surface area (Å²) in [7, 11) is 0. The molecule has 10 heteroatoms. The summed E-state index contributed by atoms with van der Waals surface area (Å²) in [5.41, 5.74) is 4.95. The Morgan fingerprint density at radius 3 is 2.91 bits per heavy atom. The Labute approximate surface area is 137 Å². The van der Waals surface area contributed by atoms with Crippen LogP contribution in [-0.4, -0.2) is 26.3 Å². The van der Waals surface area contributed by atoms with Crippen molar-refractivity contribution >= 4 is 49.8 Å². The maximum absolute atomic E-state index is 12.2. The Morgan fingerprint density at radius 1 is 1.35 bits per heavy atom. The molecule has 0 fully saturated rings. The first-order valence-corrected chi connectivity index (χ1v) is 8.22. The number of anilines is 1. The van der Waals surface area contributed by atoms with E-state index < -0.39 is 5.91 Å². The van der Waals surface area contributed by atoms with Crippen LogP contribution in [0.1, 0.15) is 16.1 Å². The van der Waals surface area contributed by atoms with Crippen molar-refractivity contribution in [1.29, 1.82) is 0 Å². The highest BCUT2D eigenvalue weighted by molar-refractivity contribution is 7.17. The van der Waals surface area contributed by atoms with Crippen LogP contribution in [0.5, 0.6) is 0 Å². The summed E-state index contributed by atoms with van der Waals surface area (Å²) < 4.78 is 1.39. The fourth-order valence-corrected chi connectivity index (χ4v) is 3.31. The summed E-state index contributed by atoms with van der Waals surface area (Å²) in [6.45, 7) is 0.206. The molecule has 0 unspecified atom stereocenters. The summed E-state index contributed by atoms with van der Waals surface area (Å²) in [6.07, 6.45) is 2.83. The monoisotopic (exact) mass is 349 g/mol. The van der Waals surface area contributed by atoms with E-state index in [2.05, 4.69) is 15.3 Å². The van der Waals surface area contributed by atoms with Crippen LogP contribution in [0.25, 0.3) is 10.2 Å². The number of nitrogens with zero attached hydrogens (tertiary/aromatic N) is 3. The Hall–Kier alpha value is -2.59. The molecule has 0 atom stereocenters. The lowest BCUT2D eigenvalue weighted by atomic mass is 10.3. The summed E-state index contributed by atoms with van der Waals surface area (Å²) in [4.78, 5) is 44.0. The van der Waals surface area contributed by atoms with Gasteiger partial charge in [-0.3, -0.25) is 19.0 Å². The van der Waals surface area contributed by atoms with Crippen LogP contribution in [-0.2, 0) is 11.3 Å². The number of fused-ring (bicyclic) bond motifs is 1. The third kappa shape index (κ3) is 3.27. The van der Waals surface area contributed by atoms with Gasteiger partial charge in [-0.15, -0.1) is 11.3 Å². The van der Waals surface area contributed by atoms with Crippen molar-refractivity contribution in [1.82, 2.24) is 14.5 Å². The first-order valence-electron chi connectivity index (χ1n) is 6.53. The van der Waals surface area contributed by atoms with Crippen molar-refractivity contribution in [2.24, 2.45) is 5.73 Å². The van der Waals surface area contributed by atoms with Gasteiger partial charge in [0.05, 0.1) is 17.9 Å². The molecule has 0 aliphatic rings. The number of thiophene rings is 1. The van der Waals surface area contributed by atoms with Gasteiger partial charge in [0.1, 0.15) is 9.71 Å². The minimum absolute atomic E-state index is 0.0860. The zero-order valence-electron chi connectivity index (χ0n) is 11.7. The molecule has 0 saturated heterocycles. The van der Waals surface area contributed by atoms with Gasteiger partial charge in [-0.1, -0.05) is 11.3 Å². The number of nitrogens with two attached hydrogens (primary N) is 1. The Bertz CT molecular complexity index is 942. The number of carbonyl (C=O) groups is 2. The van der Waals surface area contributed by atoms with E-state index in [1.54, 1.807) is 11.4 Å². The molecule has 8 nitrogen and oxygen atoms in total. The average Bonchev–Trinajstić information content (AvgIpc) is 3.15. The number of hydrogen-bond acceptors (Lipinski definition) is 7. The number of amides is 2. The highest BCUT2D eigenvalue weighted by Gasteiger charge is 2.11. The van der Waals surface area contributed by atoms with Crippen LogP contribution in [0.2, 0.25) is 0 Å². The second-order valence-corrected chi connectivity index (χ2v) is 6.50. The third-order valence-electron chi connectivity index (χ3n) is 3.03. The number of nitrogens with one attached hydrogen (secondary N) is 1. The minimum Gasteiger partial charge on any atom is -0.365 e. The van der Waals surface area contributed by atoms with Crippen LogP contribution in [0.4, 0.5) is 5.13 Å². The second kappa shape index (κ2) is 6.26. The van der Waals surface area contributed by atoms with Crippen LogP contribution in [0, 0.1) is 0 Å². The van der Waals surface area contributed by atoms with E-state index in [1.807, 2.05) is 0 Å². The molecular formula is C13H11N5O3S2. The van der Waals surface area contributed by atoms with E-state index in [4.69, 9.17) is 5.73 Å². The van der Waals surface area contributed by atoms with E-state index in [9.17, 15) is 14.4 Å². The lowest BCUT2D eigenvalue weighted by molar-refractivity contribution is -0.116. The standard InChI is InChI=1S/C13H11N5O3S2/c14-10(20)8-5-15-13(23-8)17-9(19)1-3-18-6-16-11-7(12(18)21)2-4-22-11/h2,4-6H,1,3H2,(H2,14,20)(H,15,17,19). The number of hydrogen-bond donors (Lipinski definition) is 2. The quantitative estimate of drug-likeness (QED) is 0.713. The molecule has 3 N–H and O–H groups in total. The molecule has 0 aliphatic heterocycles. The Balaban J connectivity index is 1.64. The first-order chi connectivity index (χ1) is 11.0. The molecule has 0 spiro atoms. The van der Waals surface area contributed by atoms with Crippen molar-refractivity contribution in [3.63, 3.8) is 0 Å². The van der Waals surface area contributed by atoms with Gasteiger partial charge in [-0.2, -0.15) is 0 Å². The molecule has 2 amide bonds. The second-order valence-electron chi connectivity index (χ2n) is 4.57. The van der Waals surface area contributed by atoms with Gasteiger partial charge in [-0.25, -0.2) is 9.97 Å². The smallest absolute Gasteiger partial charge is 0.262 e. The maximum atomic E-state index is 12.2. The molecule has 0 saturated carbocycles. The van der Waals surface area contributed by atoms with Crippen molar-refractivity contribution in [2.75, 3.05) is 5.32 Å². The normalized spacial score (nSPS) is 10.8. The number of rotatable bonds is 5. The molecule has 0 radical (unpaired) electrons. The molecule has 0 bridgehead atoms. The van der Waals surface area contributed by atoms with Gasteiger partial charge >= 0.3 is 0 Å². The number of primary amides is 1. The molecule has 3 aromatic rings. The van der Waals surface area contributed by atoms with Gasteiger partial charge in [0.2, 0.25) is 5.91 Å².